The Kier molecular flexibility index (Phi) is 2.50. The van der Waals surface area contributed by atoms with Crippen LogP contribution in [0.5, 0.6) is 0 Å². The third-order valence-electron chi connectivity index (χ3n) is 2.90. The first-order valence-electron chi connectivity index (χ1n) is 4.71. The van der Waals surface area contributed by atoms with Crippen LogP contribution in [0, 0.1) is 6.92 Å². The van der Waals surface area contributed by atoms with Crippen molar-refractivity contribution in [2.24, 2.45) is 0 Å². The van der Waals surface area contributed by atoms with E-state index in [2.05, 4.69) is 0 Å². The van der Waals surface area contributed by atoms with Gasteiger partial charge < -0.3 is 5.11 Å². The number of halogens is 2. The average molecular weight is 231 g/mol. The van der Waals surface area contributed by atoms with E-state index in [1.165, 1.54) is 0 Å². The van der Waals surface area contributed by atoms with Crippen molar-refractivity contribution in [2.75, 3.05) is 0 Å². The highest BCUT2D eigenvalue weighted by atomic mass is 35.5. The summed E-state index contributed by atoms with van der Waals surface area (Å²) < 4.78 is 0. The summed E-state index contributed by atoms with van der Waals surface area (Å²) >= 11 is 12.1. The third kappa shape index (κ3) is 1.54. The second-order valence-electron chi connectivity index (χ2n) is 3.97. The zero-order valence-corrected chi connectivity index (χ0v) is 9.49. The van der Waals surface area contributed by atoms with E-state index in [0.29, 0.717) is 10.0 Å². The van der Waals surface area contributed by atoms with Gasteiger partial charge in [0.25, 0.3) is 0 Å². The Morgan fingerprint density at radius 3 is 2.43 bits per heavy atom. The number of hydrogen-bond acceptors (Lipinski definition) is 1. The average Bonchev–Trinajstić information content (AvgIpc) is 2.07. The molecule has 0 radical (unpaired) electrons. The summed E-state index contributed by atoms with van der Waals surface area (Å²) in [6, 6.07) is 3.59. The molecule has 3 heteroatoms. The predicted molar refractivity (Wildman–Crippen MR) is 58.9 cm³/mol. The van der Waals surface area contributed by atoms with E-state index in [9.17, 15) is 5.11 Å². The molecule has 1 N–H and O–H groups in total. The molecule has 14 heavy (non-hydrogen) atoms. The van der Waals surface area contributed by atoms with Crippen molar-refractivity contribution in [3.63, 3.8) is 0 Å². The van der Waals surface area contributed by atoms with E-state index >= 15 is 0 Å². The van der Waals surface area contributed by atoms with Crippen molar-refractivity contribution in [1.29, 1.82) is 0 Å². The summed E-state index contributed by atoms with van der Waals surface area (Å²) in [6.07, 6.45) is 2.62. The lowest BCUT2D eigenvalue weighted by Gasteiger charge is -2.38. The maximum absolute atomic E-state index is 10.2. The maximum Gasteiger partial charge on any atom is 0.0911 e. The van der Waals surface area contributed by atoms with Gasteiger partial charge in [-0.05, 0) is 43.9 Å². The smallest absolute Gasteiger partial charge is 0.0911 e. The van der Waals surface area contributed by atoms with Crippen LogP contribution >= 0.6 is 23.2 Å². The van der Waals surface area contributed by atoms with Gasteiger partial charge in [0.15, 0.2) is 0 Å². The zero-order chi connectivity index (χ0) is 10.3. The SMILES string of the molecule is Cc1cc(Cl)cc(C2(O)CCC2)c1Cl. The van der Waals surface area contributed by atoms with Crippen molar-refractivity contribution >= 4 is 23.2 Å². The second-order valence-corrected chi connectivity index (χ2v) is 4.78. The molecule has 1 fully saturated rings. The van der Waals surface area contributed by atoms with E-state index < -0.39 is 5.60 Å². The quantitative estimate of drug-likeness (QED) is 0.781. The molecule has 1 aromatic carbocycles. The fourth-order valence-electron chi connectivity index (χ4n) is 1.85. The lowest BCUT2D eigenvalue weighted by molar-refractivity contribution is -0.0387. The highest BCUT2D eigenvalue weighted by Gasteiger charge is 2.38. The standard InChI is InChI=1S/C11H12Cl2O/c1-7-5-8(12)6-9(10(7)13)11(14)3-2-4-11/h5-6,14H,2-4H2,1H3. The first-order chi connectivity index (χ1) is 6.53. The van der Waals surface area contributed by atoms with Gasteiger partial charge >= 0.3 is 0 Å². The summed E-state index contributed by atoms with van der Waals surface area (Å²) in [4.78, 5) is 0. The molecule has 2 rings (SSSR count). The Labute approximate surface area is 93.7 Å². The molecule has 0 atom stereocenters. The van der Waals surface area contributed by atoms with Crippen molar-refractivity contribution in [3.8, 4) is 0 Å². The fourth-order valence-corrected chi connectivity index (χ4v) is 2.40. The van der Waals surface area contributed by atoms with E-state index in [0.717, 1.165) is 30.4 Å². The lowest BCUT2D eigenvalue weighted by Crippen LogP contribution is -2.34. The third-order valence-corrected chi connectivity index (χ3v) is 3.62. The van der Waals surface area contributed by atoms with Crippen LogP contribution in [-0.4, -0.2) is 5.11 Å². The molecule has 0 saturated heterocycles. The van der Waals surface area contributed by atoms with Crippen LogP contribution in [0.15, 0.2) is 12.1 Å². The molecule has 1 aliphatic rings. The normalized spacial score (nSPS) is 19.1. The Morgan fingerprint density at radius 1 is 1.29 bits per heavy atom. The Morgan fingerprint density at radius 2 is 1.93 bits per heavy atom. The van der Waals surface area contributed by atoms with Crippen LogP contribution in [0.3, 0.4) is 0 Å². The maximum atomic E-state index is 10.2. The van der Waals surface area contributed by atoms with Crippen LogP contribution < -0.4 is 0 Å². The molecule has 1 saturated carbocycles. The van der Waals surface area contributed by atoms with Gasteiger partial charge in [0, 0.05) is 15.6 Å². The van der Waals surface area contributed by atoms with Crippen molar-refractivity contribution in [2.45, 2.75) is 31.8 Å². The Balaban J connectivity index is 2.51. The molecule has 0 amide bonds. The van der Waals surface area contributed by atoms with Crippen LogP contribution in [-0.2, 0) is 5.60 Å². The van der Waals surface area contributed by atoms with E-state index in [4.69, 9.17) is 23.2 Å². The molecule has 0 bridgehead atoms. The number of aliphatic hydroxyl groups is 1. The predicted octanol–water partition coefficient (Wildman–Crippen LogP) is 3.67. The highest BCUT2D eigenvalue weighted by Crippen LogP contribution is 2.45. The number of hydrogen-bond donors (Lipinski definition) is 1. The summed E-state index contributed by atoms with van der Waals surface area (Å²) in [5, 5.41) is 11.5. The molecule has 1 aromatic rings. The molecular weight excluding hydrogens is 219 g/mol. The highest BCUT2D eigenvalue weighted by molar-refractivity contribution is 6.34. The zero-order valence-electron chi connectivity index (χ0n) is 7.98. The Bertz CT molecular complexity index is 370. The van der Waals surface area contributed by atoms with Gasteiger partial charge in [0.1, 0.15) is 0 Å². The molecule has 0 aromatic heterocycles. The monoisotopic (exact) mass is 230 g/mol. The lowest BCUT2D eigenvalue weighted by atomic mass is 9.75. The molecule has 1 nitrogen and oxygen atoms in total. The molecule has 76 valence electrons. The van der Waals surface area contributed by atoms with Gasteiger partial charge in [0.05, 0.1) is 5.60 Å². The molecule has 1 aliphatic carbocycles. The fraction of sp³-hybridized carbons (Fsp3) is 0.455. The first kappa shape index (κ1) is 10.3. The topological polar surface area (TPSA) is 20.2 Å². The summed E-state index contributed by atoms with van der Waals surface area (Å²) in [6.45, 7) is 1.90. The largest absolute Gasteiger partial charge is 0.385 e. The van der Waals surface area contributed by atoms with Crippen LogP contribution in [0.1, 0.15) is 30.4 Å². The molecule has 0 heterocycles. The number of rotatable bonds is 1. The molecule has 0 unspecified atom stereocenters. The summed E-state index contributed by atoms with van der Waals surface area (Å²) in [7, 11) is 0. The Hall–Kier alpha value is -0.240. The summed E-state index contributed by atoms with van der Waals surface area (Å²) in [5.41, 5.74) is 0.983. The van der Waals surface area contributed by atoms with E-state index in [1.807, 2.05) is 13.0 Å². The molecule has 0 spiro atoms. The van der Waals surface area contributed by atoms with Gasteiger partial charge in [-0.25, -0.2) is 0 Å². The van der Waals surface area contributed by atoms with Crippen LogP contribution in [0.4, 0.5) is 0 Å². The number of aryl methyl sites for hydroxylation is 1. The molecular formula is C11H12Cl2O. The minimum absolute atomic E-state index is 0.641. The van der Waals surface area contributed by atoms with Gasteiger partial charge in [-0.1, -0.05) is 23.2 Å². The van der Waals surface area contributed by atoms with Gasteiger partial charge in [0.2, 0.25) is 0 Å². The van der Waals surface area contributed by atoms with Crippen molar-refractivity contribution < 1.29 is 5.11 Å². The van der Waals surface area contributed by atoms with Crippen LogP contribution in [0.25, 0.3) is 0 Å². The minimum atomic E-state index is -0.729. The van der Waals surface area contributed by atoms with Crippen LogP contribution in [0.2, 0.25) is 10.0 Å². The number of benzene rings is 1. The van der Waals surface area contributed by atoms with Gasteiger partial charge in [-0.3, -0.25) is 0 Å². The summed E-state index contributed by atoms with van der Waals surface area (Å²) in [5.74, 6) is 0. The van der Waals surface area contributed by atoms with Crippen molar-refractivity contribution in [1.82, 2.24) is 0 Å². The van der Waals surface area contributed by atoms with Gasteiger partial charge in [-0.2, -0.15) is 0 Å². The van der Waals surface area contributed by atoms with Crippen molar-refractivity contribution in [3.05, 3.63) is 33.3 Å². The molecule has 0 aliphatic heterocycles. The minimum Gasteiger partial charge on any atom is -0.385 e. The van der Waals surface area contributed by atoms with E-state index in [-0.39, 0.29) is 0 Å². The van der Waals surface area contributed by atoms with Gasteiger partial charge in [-0.15, -0.1) is 0 Å². The first-order valence-corrected chi connectivity index (χ1v) is 5.47. The van der Waals surface area contributed by atoms with E-state index in [1.54, 1.807) is 6.07 Å². The second kappa shape index (κ2) is 3.41.